The van der Waals surface area contributed by atoms with Crippen LogP contribution >= 0.6 is 0 Å². The van der Waals surface area contributed by atoms with Gasteiger partial charge in [0.15, 0.2) is 0 Å². The number of amides is 2. The molecule has 7 heteroatoms. The summed E-state index contributed by atoms with van der Waals surface area (Å²) in [5.41, 5.74) is 1.19. The molecule has 0 aliphatic carbocycles. The minimum absolute atomic E-state index is 0.0277. The van der Waals surface area contributed by atoms with Gasteiger partial charge in [0, 0.05) is 58.1 Å². The zero-order valence-electron chi connectivity index (χ0n) is 15.3. The van der Waals surface area contributed by atoms with Crippen molar-refractivity contribution in [2.45, 2.75) is 19.5 Å². The van der Waals surface area contributed by atoms with Crippen LogP contribution in [0.5, 0.6) is 0 Å². The molecule has 0 saturated carbocycles. The minimum Gasteiger partial charge on any atom is -0.467 e. The van der Waals surface area contributed by atoms with Gasteiger partial charge in [-0.1, -0.05) is 6.07 Å². The molecule has 0 radical (unpaired) electrons. The maximum Gasteiger partial charge on any atom is 0.228 e. The van der Waals surface area contributed by atoms with Crippen molar-refractivity contribution in [2.75, 3.05) is 32.7 Å². The third-order valence-corrected chi connectivity index (χ3v) is 5.30. The van der Waals surface area contributed by atoms with Crippen molar-refractivity contribution in [3.63, 3.8) is 0 Å². The summed E-state index contributed by atoms with van der Waals surface area (Å²) in [4.78, 5) is 35.2. The largest absolute Gasteiger partial charge is 0.467 e. The van der Waals surface area contributed by atoms with Gasteiger partial charge in [0.25, 0.3) is 0 Å². The van der Waals surface area contributed by atoms with Crippen LogP contribution in [0.15, 0.2) is 47.3 Å². The summed E-state index contributed by atoms with van der Waals surface area (Å²) < 4.78 is 5.32. The molecule has 0 N–H and O–H groups in total. The molecular formula is C20H24N4O3. The van der Waals surface area contributed by atoms with Crippen molar-refractivity contribution >= 4 is 11.8 Å². The molecule has 1 atom stereocenters. The molecule has 2 amide bonds. The molecule has 0 bridgehead atoms. The maximum atomic E-state index is 12.9. The smallest absolute Gasteiger partial charge is 0.228 e. The number of aromatic nitrogens is 1. The van der Waals surface area contributed by atoms with Crippen LogP contribution in [0.4, 0.5) is 0 Å². The average molecular weight is 368 g/mol. The second-order valence-corrected chi connectivity index (χ2v) is 7.22. The van der Waals surface area contributed by atoms with E-state index in [0.29, 0.717) is 32.6 Å². The van der Waals surface area contributed by atoms with Gasteiger partial charge in [-0.15, -0.1) is 0 Å². The van der Waals surface area contributed by atoms with Gasteiger partial charge in [-0.25, -0.2) is 0 Å². The second kappa shape index (κ2) is 7.92. The molecule has 2 aromatic rings. The monoisotopic (exact) mass is 368 g/mol. The highest BCUT2D eigenvalue weighted by Crippen LogP contribution is 2.23. The van der Waals surface area contributed by atoms with E-state index in [2.05, 4.69) is 16.0 Å². The van der Waals surface area contributed by atoms with E-state index in [4.69, 9.17) is 4.42 Å². The fourth-order valence-corrected chi connectivity index (χ4v) is 3.82. The number of hydrogen-bond donors (Lipinski definition) is 0. The first kappa shape index (κ1) is 17.7. The van der Waals surface area contributed by atoms with Gasteiger partial charge in [-0.3, -0.25) is 19.5 Å². The Hall–Kier alpha value is -2.67. The molecule has 0 spiro atoms. The van der Waals surface area contributed by atoms with E-state index in [1.165, 1.54) is 5.56 Å². The highest BCUT2D eigenvalue weighted by Gasteiger charge is 2.37. The molecule has 4 heterocycles. The van der Waals surface area contributed by atoms with Gasteiger partial charge in [0.2, 0.25) is 11.8 Å². The Balaban J connectivity index is 1.27. The van der Waals surface area contributed by atoms with Gasteiger partial charge in [0.1, 0.15) is 5.76 Å². The fourth-order valence-electron chi connectivity index (χ4n) is 3.82. The third-order valence-electron chi connectivity index (χ3n) is 5.30. The van der Waals surface area contributed by atoms with Crippen LogP contribution in [-0.2, 0) is 22.7 Å². The highest BCUT2D eigenvalue weighted by atomic mass is 16.3. The third kappa shape index (κ3) is 4.19. The van der Waals surface area contributed by atoms with Crippen LogP contribution in [0.1, 0.15) is 17.7 Å². The normalized spacial score (nSPS) is 21.0. The van der Waals surface area contributed by atoms with Gasteiger partial charge < -0.3 is 14.2 Å². The highest BCUT2D eigenvalue weighted by molar-refractivity contribution is 5.89. The Labute approximate surface area is 158 Å². The van der Waals surface area contributed by atoms with Crippen molar-refractivity contribution in [2.24, 2.45) is 5.92 Å². The van der Waals surface area contributed by atoms with Crippen molar-refractivity contribution in [1.82, 2.24) is 19.7 Å². The summed E-state index contributed by atoms with van der Waals surface area (Å²) in [6, 6.07) is 7.68. The Bertz CT molecular complexity index is 770. The van der Waals surface area contributed by atoms with Crippen LogP contribution in [0.3, 0.4) is 0 Å². The summed E-state index contributed by atoms with van der Waals surface area (Å²) in [5, 5.41) is 0. The first-order valence-corrected chi connectivity index (χ1v) is 9.39. The predicted molar refractivity (Wildman–Crippen MR) is 98.3 cm³/mol. The number of pyridine rings is 1. The fraction of sp³-hybridized carbons (Fsp3) is 0.450. The zero-order valence-corrected chi connectivity index (χ0v) is 15.3. The van der Waals surface area contributed by atoms with Gasteiger partial charge in [0.05, 0.1) is 18.7 Å². The molecule has 7 nitrogen and oxygen atoms in total. The predicted octanol–water partition coefficient (Wildman–Crippen LogP) is 1.37. The number of carbonyl (C=O) groups excluding carboxylic acids is 2. The summed E-state index contributed by atoms with van der Waals surface area (Å²) in [5.74, 6) is 0.643. The topological polar surface area (TPSA) is 69.9 Å². The molecule has 2 fully saturated rings. The number of carbonyl (C=O) groups is 2. The van der Waals surface area contributed by atoms with Crippen LogP contribution in [0.2, 0.25) is 0 Å². The van der Waals surface area contributed by atoms with E-state index in [1.807, 2.05) is 29.3 Å². The lowest BCUT2D eigenvalue weighted by molar-refractivity contribution is -0.137. The Morgan fingerprint density at radius 2 is 2.00 bits per heavy atom. The first-order valence-electron chi connectivity index (χ1n) is 9.39. The van der Waals surface area contributed by atoms with E-state index in [9.17, 15) is 9.59 Å². The van der Waals surface area contributed by atoms with Gasteiger partial charge in [-0.05, 0) is 23.8 Å². The lowest BCUT2D eigenvalue weighted by Crippen LogP contribution is -2.50. The number of likely N-dealkylation sites (tertiary alicyclic amines) is 1. The van der Waals surface area contributed by atoms with Crippen LogP contribution in [0.25, 0.3) is 0 Å². The van der Waals surface area contributed by atoms with E-state index in [-0.39, 0.29) is 17.7 Å². The average Bonchev–Trinajstić information content (AvgIpc) is 3.33. The molecule has 142 valence electrons. The van der Waals surface area contributed by atoms with Crippen LogP contribution in [0, 0.1) is 5.92 Å². The van der Waals surface area contributed by atoms with E-state index < -0.39 is 0 Å². The van der Waals surface area contributed by atoms with Crippen LogP contribution in [-0.4, -0.2) is 64.2 Å². The lowest BCUT2D eigenvalue weighted by Gasteiger charge is -2.35. The molecule has 2 saturated heterocycles. The molecule has 27 heavy (non-hydrogen) atoms. The lowest BCUT2D eigenvalue weighted by atomic mass is 10.1. The first-order chi connectivity index (χ1) is 13.2. The maximum absolute atomic E-state index is 12.9. The molecule has 2 aliphatic heterocycles. The SMILES string of the molecule is O=C1CC(C(=O)N2CCN(Cc3cccnc3)CC2)CN1Cc1ccco1. The van der Waals surface area contributed by atoms with Crippen LogP contribution < -0.4 is 0 Å². The Morgan fingerprint density at radius 3 is 2.70 bits per heavy atom. The standard InChI is InChI=1S/C20H24N4O3/c25-19-11-17(14-24(19)15-18-4-2-10-27-18)20(26)23-8-6-22(7-9-23)13-16-3-1-5-21-12-16/h1-5,10,12,17H,6-9,11,13-15H2. The molecular weight excluding hydrogens is 344 g/mol. The van der Waals surface area contributed by atoms with Gasteiger partial charge >= 0.3 is 0 Å². The van der Waals surface area contributed by atoms with E-state index >= 15 is 0 Å². The van der Waals surface area contributed by atoms with Crippen molar-refractivity contribution < 1.29 is 14.0 Å². The quantitative estimate of drug-likeness (QED) is 0.797. The van der Waals surface area contributed by atoms with E-state index in [1.54, 1.807) is 17.4 Å². The van der Waals surface area contributed by atoms with Gasteiger partial charge in [-0.2, -0.15) is 0 Å². The Morgan fingerprint density at radius 1 is 1.15 bits per heavy atom. The van der Waals surface area contributed by atoms with Crippen molar-refractivity contribution in [3.05, 3.63) is 54.2 Å². The number of rotatable bonds is 5. The molecule has 0 aromatic carbocycles. The molecule has 4 rings (SSSR count). The summed E-state index contributed by atoms with van der Waals surface area (Å²) in [6.07, 6.45) is 5.56. The number of piperazine rings is 1. The molecule has 2 aromatic heterocycles. The van der Waals surface area contributed by atoms with E-state index in [0.717, 1.165) is 25.4 Å². The molecule has 1 unspecified atom stereocenters. The second-order valence-electron chi connectivity index (χ2n) is 7.22. The zero-order chi connectivity index (χ0) is 18.6. The molecule has 2 aliphatic rings. The summed E-state index contributed by atoms with van der Waals surface area (Å²) >= 11 is 0. The number of nitrogens with zero attached hydrogens (tertiary/aromatic N) is 4. The summed E-state index contributed by atoms with van der Waals surface area (Å²) in [6.45, 7) is 4.89. The Kier molecular flexibility index (Phi) is 5.20. The summed E-state index contributed by atoms with van der Waals surface area (Å²) in [7, 11) is 0. The number of hydrogen-bond acceptors (Lipinski definition) is 5. The van der Waals surface area contributed by atoms with Crippen molar-refractivity contribution in [1.29, 1.82) is 0 Å². The minimum atomic E-state index is -0.239. The number of furan rings is 1. The van der Waals surface area contributed by atoms with Crippen molar-refractivity contribution in [3.8, 4) is 0 Å².